The molecular formula is C14H16N2OS. The molecule has 0 atom stereocenters. The molecule has 94 valence electrons. The summed E-state index contributed by atoms with van der Waals surface area (Å²) in [7, 11) is 0. The van der Waals surface area contributed by atoms with Gasteiger partial charge in [0, 0.05) is 16.9 Å². The molecule has 0 radical (unpaired) electrons. The number of nitrogens with zero attached hydrogens (tertiary/aromatic N) is 1. The third kappa shape index (κ3) is 2.68. The molecule has 18 heavy (non-hydrogen) atoms. The molecule has 3 nitrogen and oxygen atoms in total. The number of carbonyl (C=O) groups is 1. The van der Waals surface area contributed by atoms with E-state index in [1.54, 1.807) is 24.3 Å². The van der Waals surface area contributed by atoms with Gasteiger partial charge in [-0.2, -0.15) is 17.0 Å². The lowest BCUT2D eigenvalue weighted by Crippen LogP contribution is -2.45. The summed E-state index contributed by atoms with van der Waals surface area (Å²) in [6, 6.07) is 8.77. The molecule has 1 aromatic carbocycles. The normalized spacial score (nSPS) is 16.4. The van der Waals surface area contributed by atoms with Gasteiger partial charge >= 0.3 is 0 Å². The molecule has 0 aromatic heterocycles. The lowest BCUT2D eigenvalue weighted by Gasteiger charge is -2.40. The molecule has 0 saturated heterocycles. The zero-order chi connectivity index (χ0) is 13.0. The highest BCUT2D eigenvalue weighted by molar-refractivity contribution is 8.00. The van der Waals surface area contributed by atoms with E-state index < -0.39 is 0 Å². The summed E-state index contributed by atoms with van der Waals surface area (Å²) in [5.41, 5.74) is 1.19. The largest absolute Gasteiger partial charge is 0.351 e. The maximum Gasteiger partial charge on any atom is 0.251 e. The van der Waals surface area contributed by atoms with Crippen LogP contribution in [0.2, 0.25) is 0 Å². The van der Waals surface area contributed by atoms with Gasteiger partial charge in [0.2, 0.25) is 0 Å². The molecule has 0 heterocycles. The molecular weight excluding hydrogens is 244 g/mol. The first-order chi connectivity index (χ1) is 8.69. The molecule has 1 fully saturated rings. The Morgan fingerprint density at radius 3 is 2.56 bits per heavy atom. The van der Waals surface area contributed by atoms with Crippen molar-refractivity contribution in [3.05, 3.63) is 35.4 Å². The number of nitriles is 1. The molecule has 0 aliphatic heterocycles. The van der Waals surface area contributed by atoms with E-state index in [1.807, 2.05) is 17.8 Å². The van der Waals surface area contributed by atoms with Crippen LogP contribution in [0.5, 0.6) is 0 Å². The second kappa shape index (κ2) is 5.45. The molecule has 1 aliphatic carbocycles. The van der Waals surface area contributed by atoms with Crippen LogP contribution in [0.4, 0.5) is 0 Å². The molecule has 1 saturated carbocycles. The van der Waals surface area contributed by atoms with Crippen LogP contribution in [-0.4, -0.2) is 23.5 Å². The number of rotatable bonds is 4. The minimum atomic E-state index is -0.0557. The second-order valence-electron chi connectivity index (χ2n) is 4.61. The van der Waals surface area contributed by atoms with Crippen LogP contribution >= 0.6 is 11.8 Å². The first kappa shape index (κ1) is 13.0. The molecule has 0 spiro atoms. The quantitative estimate of drug-likeness (QED) is 0.905. The van der Waals surface area contributed by atoms with E-state index in [1.165, 1.54) is 19.3 Å². The molecule has 0 unspecified atom stereocenters. The third-order valence-corrected chi connectivity index (χ3v) is 4.96. The van der Waals surface area contributed by atoms with Crippen molar-refractivity contribution in [1.82, 2.24) is 5.32 Å². The van der Waals surface area contributed by atoms with Crippen LogP contribution in [0, 0.1) is 11.3 Å². The molecule has 4 heteroatoms. The number of amides is 1. The van der Waals surface area contributed by atoms with Gasteiger partial charge in [0.05, 0.1) is 11.6 Å². The van der Waals surface area contributed by atoms with E-state index in [-0.39, 0.29) is 10.7 Å². The third-order valence-electron chi connectivity index (χ3n) is 3.55. The van der Waals surface area contributed by atoms with Crippen LogP contribution < -0.4 is 5.32 Å². The average molecular weight is 260 g/mol. The molecule has 2 rings (SSSR count). The molecule has 0 bridgehead atoms. The van der Waals surface area contributed by atoms with Crippen molar-refractivity contribution in [2.45, 2.75) is 24.0 Å². The van der Waals surface area contributed by atoms with Gasteiger partial charge in [-0.1, -0.05) is 6.42 Å². The molecule has 1 aliphatic rings. The standard InChI is InChI=1S/C14H16N2OS/c1-18-14(7-2-8-14)10-16-13(17)12-5-3-11(9-15)4-6-12/h3-6H,2,7-8,10H2,1H3,(H,16,17). The highest BCUT2D eigenvalue weighted by Gasteiger charge is 2.36. The fourth-order valence-corrected chi connectivity index (χ4v) is 2.98. The number of hydrogen-bond donors (Lipinski definition) is 1. The number of nitrogens with one attached hydrogen (secondary N) is 1. The Balaban J connectivity index is 1.93. The summed E-state index contributed by atoms with van der Waals surface area (Å²) in [6.45, 7) is 0.729. The van der Waals surface area contributed by atoms with Crippen LogP contribution in [-0.2, 0) is 0 Å². The van der Waals surface area contributed by atoms with E-state index >= 15 is 0 Å². The minimum absolute atomic E-state index is 0.0557. The minimum Gasteiger partial charge on any atom is -0.351 e. The Hall–Kier alpha value is -1.47. The second-order valence-corrected chi connectivity index (χ2v) is 5.89. The van der Waals surface area contributed by atoms with Gasteiger partial charge in [-0.15, -0.1) is 0 Å². The van der Waals surface area contributed by atoms with E-state index in [4.69, 9.17) is 5.26 Å². The van der Waals surface area contributed by atoms with Crippen molar-refractivity contribution in [3.63, 3.8) is 0 Å². The van der Waals surface area contributed by atoms with Crippen LogP contribution in [0.25, 0.3) is 0 Å². The van der Waals surface area contributed by atoms with Gasteiger partial charge in [0.25, 0.3) is 5.91 Å². The number of thioether (sulfide) groups is 1. The maximum atomic E-state index is 11.9. The van der Waals surface area contributed by atoms with Crippen molar-refractivity contribution >= 4 is 17.7 Å². The van der Waals surface area contributed by atoms with Crippen molar-refractivity contribution in [2.24, 2.45) is 0 Å². The summed E-state index contributed by atoms with van der Waals surface area (Å²) in [5.74, 6) is -0.0557. The number of hydrogen-bond acceptors (Lipinski definition) is 3. The van der Waals surface area contributed by atoms with Gasteiger partial charge in [0.1, 0.15) is 0 Å². The lowest BCUT2D eigenvalue weighted by atomic mass is 9.84. The van der Waals surface area contributed by atoms with Gasteiger partial charge in [-0.05, 0) is 43.4 Å². The van der Waals surface area contributed by atoms with Crippen molar-refractivity contribution in [1.29, 1.82) is 5.26 Å². The Morgan fingerprint density at radius 1 is 1.44 bits per heavy atom. The summed E-state index contributed by atoms with van der Waals surface area (Å²) in [6.07, 6.45) is 5.73. The monoisotopic (exact) mass is 260 g/mol. The van der Waals surface area contributed by atoms with Crippen molar-refractivity contribution < 1.29 is 4.79 Å². The summed E-state index contributed by atoms with van der Waals surface area (Å²) in [4.78, 5) is 11.9. The van der Waals surface area contributed by atoms with Crippen LogP contribution in [0.1, 0.15) is 35.2 Å². The Kier molecular flexibility index (Phi) is 3.93. The van der Waals surface area contributed by atoms with E-state index in [0.29, 0.717) is 11.1 Å². The first-order valence-electron chi connectivity index (χ1n) is 6.03. The van der Waals surface area contributed by atoms with Crippen molar-refractivity contribution in [2.75, 3.05) is 12.8 Å². The lowest BCUT2D eigenvalue weighted by molar-refractivity contribution is 0.0944. The summed E-state index contributed by atoms with van der Waals surface area (Å²) >= 11 is 1.84. The zero-order valence-corrected chi connectivity index (χ0v) is 11.2. The zero-order valence-electron chi connectivity index (χ0n) is 10.4. The van der Waals surface area contributed by atoms with E-state index in [9.17, 15) is 4.79 Å². The number of carbonyl (C=O) groups excluding carboxylic acids is 1. The SMILES string of the molecule is CSC1(CNC(=O)c2ccc(C#N)cc2)CCC1. The average Bonchev–Trinajstić information content (AvgIpc) is 2.38. The van der Waals surface area contributed by atoms with Crippen molar-refractivity contribution in [3.8, 4) is 6.07 Å². The van der Waals surface area contributed by atoms with Crippen LogP contribution in [0.15, 0.2) is 24.3 Å². The fourth-order valence-electron chi connectivity index (χ4n) is 2.06. The Morgan fingerprint density at radius 2 is 2.11 bits per heavy atom. The predicted octanol–water partition coefficient (Wildman–Crippen LogP) is 2.57. The Labute approximate surface area is 112 Å². The molecule has 1 N–H and O–H groups in total. The van der Waals surface area contributed by atoms with Gasteiger partial charge in [-0.25, -0.2) is 0 Å². The maximum absolute atomic E-state index is 11.9. The summed E-state index contributed by atoms with van der Waals surface area (Å²) < 4.78 is 0.252. The number of benzene rings is 1. The summed E-state index contributed by atoms with van der Waals surface area (Å²) in [5, 5.41) is 11.7. The van der Waals surface area contributed by atoms with E-state index in [2.05, 4.69) is 11.6 Å². The molecule has 1 aromatic rings. The topological polar surface area (TPSA) is 52.9 Å². The smallest absolute Gasteiger partial charge is 0.251 e. The van der Waals surface area contributed by atoms with Gasteiger partial charge < -0.3 is 5.32 Å². The predicted molar refractivity (Wildman–Crippen MR) is 73.6 cm³/mol. The highest BCUT2D eigenvalue weighted by Crippen LogP contribution is 2.42. The fraction of sp³-hybridized carbons (Fsp3) is 0.429. The van der Waals surface area contributed by atoms with Gasteiger partial charge in [-0.3, -0.25) is 4.79 Å². The molecule has 1 amide bonds. The van der Waals surface area contributed by atoms with Crippen LogP contribution in [0.3, 0.4) is 0 Å². The first-order valence-corrected chi connectivity index (χ1v) is 7.25. The van der Waals surface area contributed by atoms with Gasteiger partial charge in [0.15, 0.2) is 0 Å². The highest BCUT2D eigenvalue weighted by atomic mass is 32.2. The van der Waals surface area contributed by atoms with E-state index in [0.717, 1.165) is 6.54 Å². The Bertz CT molecular complexity index is 466.